The van der Waals surface area contributed by atoms with E-state index in [9.17, 15) is 0 Å². The maximum atomic E-state index is 9.04. The lowest BCUT2D eigenvalue weighted by Crippen LogP contribution is -2.38. The molecule has 1 N–H and O–H groups in total. The first-order valence-corrected chi connectivity index (χ1v) is 14.5. The van der Waals surface area contributed by atoms with Gasteiger partial charge in [-0.1, -0.05) is 54.6 Å². The van der Waals surface area contributed by atoms with E-state index in [2.05, 4.69) is 61.6 Å². The molecule has 1 aliphatic rings. The average molecular weight is 555 g/mol. The van der Waals surface area contributed by atoms with Crippen molar-refractivity contribution in [1.29, 1.82) is 5.26 Å². The highest BCUT2D eigenvalue weighted by molar-refractivity contribution is 7.17. The number of rotatable bonds is 6. The zero-order chi connectivity index (χ0) is 27.6. The summed E-state index contributed by atoms with van der Waals surface area (Å²) in [5.41, 5.74) is 9.73. The molecule has 9 heteroatoms. The van der Waals surface area contributed by atoms with Gasteiger partial charge in [0, 0.05) is 43.0 Å². The fourth-order valence-electron chi connectivity index (χ4n) is 5.40. The number of hydrogen-bond acceptors (Lipinski definition) is 9. The maximum absolute atomic E-state index is 9.04. The number of fused-ring (bicyclic) bond motifs is 3. The summed E-state index contributed by atoms with van der Waals surface area (Å²) < 4.78 is 1.07. The molecule has 0 aliphatic carbocycles. The third-order valence-electron chi connectivity index (χ3n) is 7.51. The van der Waals surface area contributed by atoms with Crippen LogP contribution in [0.5, 0.6) is 0 Å². The largest absolute Gasteiger partial charge is 0.367 e. The number of hydrogen-bond donors (Lipinski definition) is 1. The van der Waals surface area contributed by atoms with Gasteiger partial charge in [-0.15, -0.1) is 11.3 Å². The number of piperidine rings is 1. The van der Waals surface area contributed by atoms with Crippen LogP contribution >= 0.6 is 11.3 Å². The molecule has 0 spiro atoms. The summed E-state index contributed by atoms with van der Waals surface area (Å²) >= 11 is 1.60. The van der Waals surface area contributed by atoms with E-state index in [-0.39, 0.29) is 5.82 Å². The summed E-state index contributed by atoms with van der Waals surface area (Å²) in [6.45, 7) is 2.89. The van der Waals surface area contributed by atoms with Crippen molar-refractivity contribution in [2.24, 2.45) is 0 Å². The van der Waals surface area contributed by atoms with Gasteiger partial charge in [-0.25, -0.2) is 24.9 Å². The molecule has 41 heavy (non-hydrogen) atoms. The Bertz CT molecular complexity index is 1870. The third-order valence-corrected chi connectivity index (χ3v) is 8.36. The Labute approximate surface area is 241 Å². The molecular formula is C32H26N8S. The van der Waals surface area contributed by atoms with Gasteiger partial charge >= 0.3 is 0 Å². The van der Waals surface area contributed by atoms with Gasteiger partial charge in [0.05, 0.1) is 32.6 Å². The molecule has 0 unspecified atom stereocenters. The summed E-state index contributed by atoms with van der Waals surface area (Å²) in [7, 11) is 0. The molecule has 3 aromatic heterocycles. The van der Waals surface area contributed by atoms with Crippen LogP contribution in [0.15, 0.2) is 84.5 Å². The summed E-state index contributed by atoms with van der Waals surface area (Å²) in [6, 6.07) is 27.2. The Balaban J connectivity index is 1.09. The van der Waals surface area contributed by atoms with E-state index in [4.69, 9.17) is 15.2 Å². The zero-order valence-electron chi connectivity index (χ0n) is 22.2. The number of nitriles is 1. The van der Waals surface area contributed by atoms with Crippen molar-refractivity contribution in [1.82, 2.24) is 29.8 Å². The molecule has 0 bridgehead atoms. The van der Waals surface area contributed by atoms with Crippen LogP contribution in [-0.2, 0) is 6.54 Å². The van der Waals surface area contributed by atoms with Gasteiger partial charge in [0.2, 0.25) is 5.82 Å². The Morgan fingerprint density at radius 2 is 1.59 bits per heavy atom. The predicted octanol–water partition coefficient (Wildman–Crippen LogP) is 6.31. The molecule has 4 heterocycles. The smallest absolute Gasteiger partial charge is 0.234 e. The van der Waals surface area contributed by atoms with E-state index >= 15 is 0 Å². The van der Waals surface area contributed by atoms with Crippen LogP contribution in [0.25, 0.3) is 43.8 Å². The van der Waals surface area contributed by atoms with Crippen molar-refractivity contribution < 1.29 is 0 Å². The van der Waals surface area contributed by atoms with Gasteiger partial charge in [0.1, 0.15) is 17.4 Å². The minimum atomic E-state index is 0.193. The topological polar surface area (TPSA) is 104 Å². The highest BCUT2D eigenvalue weighted by Crippen LogP contribution is 2.34. The molecule has 0 saturated carbocycles. The second-order valence-corrected chi connectivity index (χ2v) is 11.0. The van der Waals surface area contributed by atoms with Crippen LogP contribution in [0.2, 0.25) is 0 Å². The Hall–Kier alpha value is -4.78. The average Bonchev–Trinajstić information content (AvgIpc) is 3.52. The van der Waals surface area contributed by atoms with Crippen LogP contribution in [-0.4, -0.2) is 49.0 Å². The molecule has 200 valence electrons. The SMILES string of the molecule is N#Cc1nccc(NC2CCN(Cc3ccc(-c4nc5ccc6ncsc6c5nc4-c4ccccc4)cc3)CC2)n1. The molecule has 3 aromatic carbocycles. The number of nitrogens with one attached hydrogen (secondary N) is 1. The Kier molecular flexibility index (Phi) is 6.77. The fourth-order valence-corrected chi connectivity index (χ4v) is 6.18. The fraction of sp³-hybridized carbons (Fsp3) is 0.188. The van der Waals surface area contributed by atoms with Crippen LogP contribution in [0.1, 0.15) is 24.2 Å². The third kappa shape index (κ3) is 5.23. The maximum Gasteiger partial charge on any atom is 0.234 e. The monoisotopic (exact) mass is 554 g/mol. The number of anilines is 1. The standard InChI is InChI=1S/C32H26N8S/c33-18-28-34-15-12-27(38-28)36-24-13-16-40(17-14-24)19-21-6-8-23(9-7-21)29-30(22-4-2-1-3-5-22)39-31-25(37-29)10-11-26-32(31)41-20-35-26/h1-12,15,20,24H,13-14,16-17,19H2,(H,34,36,38). The lowest BCUT2D eigenvalue weighted by atomic mass is 10.0. The van der Waals surface area contributed by atoms with Gasteiger partial charge in [0.15, 0.2) is 0 Å². The van der Waals surface area contributed by atoms with E-state index in [0.29, 0.717) is 11.9 Å². The molecule has 0 atom stereocenters. The van der Waals surface area contributed by atoms with Crippen LogP contribution in [0, 0.1) is 11.3 Å². The zero-order valence-corrected chi connectivity index (χ0v) is 23.1. The van der Waals surface area contributed by atoms with Crippen molar-refractivity contribution >= 4 is 38.4 Å². The van der Waals surface area contributed by atoms with Crippen molar-refractivity contribution in [3.8, 4) is 28.6 Å². The van der Waals surface area contributed by atoms with E-state index in [1.165, 1.54) is 5.56 Å². The van der Waals surface area contributed by atoms with E-state index in [1.54, 1.807) is 17.5 Å². The highest BCUT2D eigenvalue weighted by Gasteiger charge is 2.20. The molecule has 6 aromatic rings. The van der Waals surface area contributed by atoms with Crippen molar-refractivity contribution in [3.05, 3.63) is 95.9 Å². The summed E-state index contributed by atoms with van der Waals surface area (Å²) in [5.74, 6) is 0.910. The summed E-state index contributed by atoms with van der Waals surface area (Å²) in [5, 5.41) is 12.5. The molecule has 1 fully saturated rings. The molecule has 7 rings (SSSR count). The van der Waals surface area contributed by atoms with Crippen LogP contribution in [0.4, 0.5) is 5.82 Å². The van der Waals surface area contributed by atoms with Crippen molar-refractivity contribution in [2.45, 2.75) is 25.4 Å². The Morgan fingerprint density at radius 3 is 2.39 bits per heavy atom. The first kappa shape index (κ1) is 25.2. The predicted molar refractivity (Wildman–Crippen MR) is 162 cm³/mol. The van der Waals surface area contributed by atoms with Crippen molar-refractivity contribution in [2.75, 3.05) is 18.4 Å². The van der Waals surface area contributed by atoms with Crippen LogP contribution in [0.3, 0.4) is 0 Å². The van der Waals surface area contributed by atoms with Gasteiger partial charge < -0.3 is 5.32 Å². The summed E-state index contributed by atoms with van der Waals surface area (Å²) in [4.78, 5) is 25.4. The Morgan fingerprint density at radius 1 is 0.829 bits per heavy atom. The first-order valence-electron chi connectivity index (χ1n) is 13.6. The quantitative estimate of drug-likeness (QED) is 0.255. The molecular weight excluding hydrogens is 528 g/mol. The molecule has 1 aliphatic heterocycles. The van der Waals surface area contributed by atoms with E-state index < -0.39 is 0 Å². The minimum absolute atomic E-state index is 0.193. The summed E-state index contributed by atoms with van der Waals surface area (Å²) in [6.07, 6.45) is 3.66. The molecule has 0 radical (unpaired) electrons. The normalized spacial score (nSPS) is 14.3. The van der Waals surface area contributed by atoms with Crippen molar-refractivity contribution in [3.63, 3.8) is 0 Å². The number of nitrogens with zero attached hydrogens (tertiary/aromatic N) is 7. The number of benzene rings is 3. The number of thiazole rings is 1. The minimum Gasteiger partial charge on any atom is -0.367 e. The van der Waals surface area contributed by atoms with E-state index in [0.717, 1.165) is 76.2 Å². The van der Waals surface area contributed by atoms with Gasteiger partial charge in [0.25, 0.3) is 0 Å². The van der Waals surface area contributed by atoms with Gasteiger partial charge in [-0.05, 0) is 36.6 Å². The van der Waals surface area contributed by atoms with Gasteiger partial charge in [-0.3, -0.25) is 4.90 Å². The lowest BCUT2D eigenvalue weighted by Gasteiger charge is -2.32. The first-order chi connectivity index (χ1) is 20.2. The highest BCUT2D eigenvalue weighted by atomic mass is 32.1. The second kappa shape index (κ2) is 11.0. The second-order valence-electron chi connectivity index (χ2n) is 10.2. The van der Waals surface area contributed by atoms with Crippen LogP contribution < -0.4 is 5.32 Å². The molecule has 1 saturated heterocycles. The number of aromatic nitrogens is 5. The van der Waals surface area contributed by atoms with E-state index in [1.807, 2.05) is 48.0 Å². The molecule has 8 nitrogen and oxygen atoms in total. The van der Waals surface area contributed by atoms with Gasteiger partial charge in [-0.2, -0.15) is 5.26 Å². The molecule has 0 amide bonds. The lowest BCUT2D eigenvalue weighted by molar-refractivity contribution is 0.211. The number of likely N-dealkylation sites (tertiary alicyclic amines) is 1.